The molecule has 2 N–H and O–H groups in total. The molecule has 0 aliphatic rings. The molecule has 0 saturated heterocycles. The number of anilines is 2. The van der Waals surface area contributed by atoms with Gasteiger partial charge in [0, 0.05) is 11.5 Å². The lowest BCUT2D eigenvalue weighted by Crippen LogP contribution is -1.98. The molecule has 8 heteroatoms. The molecule has 0 fully saturated rings. The predicted molar refractivity (Wildman–Crippen MR) is 101 cm³/mol. The van der Waals surface area contributed by atoms with E-state index in [4.69, 9.17) is 21.1 Å². The third-order valence-corrected chi connectivity index (χ3v) is 4.09. The van der Waals surface area contributed by atoms with Crippen LogP contribution in [0.5, 0.6) is 17.2 Å². The molecule has 3 aromatic rings. The van der Waals surface area contributed by atoms with Crippen molar-refractivity contribution in [1.82, 2.24) is 9.97 Å². The molecule has 25 heavy (non-hydrogen) atoms. The average molecular weight is 382 g/mol. The number of aromatic nitrogens is 2. The van der Waals surface area contributed by atoms with E-state index >= 15 is 0 Å². The number of fused-ring (bicyclic) bond motifs is 1. The summed E-state index contributed by atoms with van der Waals surface area (Å²) in [6.07, 6.45) is 1.44. The Labute approximate surface area is 156 Å². The third-order valence-electron chi connectivity index (χ3n) is 3.71. The highest BCUT2D eigenvalue weighted by atomic mass is 35.5. The number of hydrogen-bond acceptors (Lipinski definition) is 6. The number of benzene rings is 2. The van der Waals surface area contributed by atoms with Crippen LogP contribution in [0.25, 0.3) is 10.9 Å². The van der Waals surface area contributed by atoms with Gasteiger partial charge in [0.2, 0.25) is 0 Å². The number of hydrogen-bond donors (Lipinski definition) is 2. The Morgan fingerprint density at radius 2 is 1.76 bits per heavy atom. The van der Waals surface area contributed by atoms with Gasteiger partial charge >= 0.3 is 0 Å². The van der Waals surface area contributed by atoms with Gasteiger partial charge in [0.1, 0.15) is 22.9 Å². The highest BCUT2D eigenvalue weighted by molar-refractivity contribution is 6.35. The molecule has 0 atom stereocenters. The normalized spacial score (nSPS) is 10.2. The first-order chi connectivity index (χ1) is 11.5. The molecule has 0 unspecified atom stereocenters. The topological polar surface area (TPSA) is 76.5 Å². The fourth-order valence-corrected chi connectivity index (χ4v) is 2.63. The number of aromatic hydroxyl groups is 1. The Hall–Kier alpha value is -2.44. The Bertz CT molecular complexity index is 919. The fraction of sp³-hybridized carbons (Fsp3) is 0.176. The van der Waals surface area contributed by atoms with Crippen molar-refractivity contribution in [3.05, 3.63) is 41.2 Å². The van der Waals surface area contributed by atoms with Gasteiger partial charge in [0.05, 0.1) is 25.4 Å². The van der Waals surface area contributed by atoms with Crippen molar-refractivity contribution in [2.24, 2.45) is 0 Å². The van der Waals surface area contributed by atoms with Gasteiger partial charge in [-0.05, 0) is 24.6 Å². The minimum Gasteiger partial charge on any atom is -0.506 e. The van der Waals surface area contributed by atoms with E-state index in [0.717, 1.165) is 5.39 Å². The van der Waals surface area contributed by atoms with Crippen molar-refractivity contribution in [1.29, 1.82) is 0 Å². The van der Waals surface area contributed by atoms with Gasteiger partial charge in [0.15, 0.2) is 11.5 Å². The summed E-state index contributed by atoms with van der Waals surface area (Å²) in [6, 6.07) is 7.12. The molecular formula is C17H17Cl2N3O3. The van der Waals surface area contributed by atoms with Crippen LogP contribution in [0.3, 0.4) is 0 Å². The maximum atomic E-state index is 9.99. The van der Waals surface area contributed by atoms with Gasteiger partial charge in [-0.1, -0.05) is 17.7 Å². The molecular weight excluding hydrogens is 365 g/mol. The zero-order chi connectivity index (χ0) is 17.3. The number of halogens is 2. The van der Waals surface area contributed by atoms with Gasteiger partial charge in [-0.15, -0.1) is 12.4 Å². The number of nitrogens with zero attached hydrogens (tertiary/aromatic N) is 2. The lowest BCUT2D eigenvalue weighted by atomic mass is 10.2. The first-order valence-corrected chi connectivity index (χ1v) is 7.54. The van der Waals surface area contributed by atoms with E-state index in [2.05, 4.69) is 15.3 Å². The Balaban J connectivity index is 0.00000225. The molecule has 1 aromatic heterocycles. The van der Waals surface area contributed by atoms with E-state index in [1.54, 1.807) is 45.4 Å². The number of rotatable bonds is 4. The summed E-state index contributed by atoms with van der Waals surface area (Å²) < 4.78 is 10.6. The van der Waals surface area contributed by atoms with Crippen LogP contribution in [0.4, 0.5) is 11.5 Å². The predicted octanol–water partition coefficient (Wildman–Crippen LogP) is 4.48. The van der Waals surface area contributed by atoms with Crippen LogP contribution >= 0.6 is 24.0 Å². The van der Waals surface area contributed by atoms with E-state index in [9.17, 15) is 5.11 Å². The van der Waals surface area contributed by atoms with Crippen LogP contribution in [-0.4, -0.2) is 29.3 Å². The largest absolute Gasteiger partial charge is 0.506 e. The third kappa shape index (κ3) is 3.50. The van der Waals surface area contributed by atoms with E-state index in [1.165, 1.54) is 6.33 Å². The minimum atomic E-state index is 0. The molecule has 132 valence electrons. The summed E-state index contributed by atoms with van der Waals surface area (Å²) in [5, 5.41) is 14.1. The minimum absolute atomic E-state index is 0. The van der Waals surface area contributed by atoms with Crippen LogP contribution in [0.2, 0.25) is 5.02 Å². The van der Waals surface area contributed by atoms with E-state index in [-0.39, 0.29) is 23.2 Å². The van der Waals surface area contributed by atoms with Crippen LogP contribution in [0.1, 0.15) is 5.56 Å². The zero-order valence-corrected chi connectivity index (χ0v) is 15.4. The molecule has 0 saturated carbocycles. The average Bonchev–Trinajstić information content (AvgIpc) is 2.61. The van der Waals surface area contributed by atoms with Crippen LogP contribution in [-0.2, 0) is 0 Å². The number of phenolic OH excluding ortho intramolecular Hbond substituents is 1. The van der Waals surface area contributed by atoms with Crippen LogP contribution < -0.4 is 14.8 Å². The van der Waals surface area contributed by atoms with Crippen molar-refractivity contribution in [2.45, 2.75) is 6.92 Å². The highest BCUT2D eigenvalue weighted by Gasteiger charge is 2.13. The Morgan fingerprint density at radius 3 is 2.44 bits per heavy atom. The molecule has 0 amide bonds. The Kier molecular flexibility index (Phi) is 5.77. The summed E-state index contributed by atoms with van der Waals surface area (Å²) in [5.41, 5.74) is 1.94. The van der Waals surface area contributed by atoms with Gasteiger partial charge in [0.25, 0.3) is 0 Å². The van der Waals surface area contributed by atoms with E-state index in [1.807, 2.05) is 0 Å². The molecule has 1 heterocycles. The van der Waals surface area contributed by atoms with Gasteiger partial charge in [-0.25, -0.2) is 9.97 Å². The molecule has 0 aliphatic heterocycles. The maximum Gasteiger partial charge on any atom is 0.162 e. The van der Waals surface area contributed by atoms with E-state index in [0.29, 0.717) is 34.1 Å². The standard InChI is InChI=1S/C17H16ClN3O3.ClH/c1-9-4-5-11(15(18)16(9)22)21-17-10-6-13(23-2)14(24-3)7-12(10)19-8-20-17;/h4-8,22H,1-3H3,(H,19,20,21);1H. The zero-order valence-electron chi connectivity index (χ0n) is 13.8. The molecule has 0 spiro atoms. The monoisotopic (exact) mass is 381 g/mol. The van der Waals surface area contributed by atoms with Gasteiger partial charge < -0.3 is 19.9 Å². The second-order valence-corrected chi connectivity index (χ2v) is 5.54. The quantitative estimate of drug-likeness (QED) is 0.693. The van der Waals surface area contributed by atoms with Crippen molar-refractivity contribution < 1.29 is 14.6 Å². The summed E-state index contributed by atoms with van der Waals surface area (Å²) in [4.78, 5) is 8.52. The van der Waals surface area contributed by atoms with Crippen LogP contribution in [0.15, 0.2) is 30.6 Å². The molecule has 3 rings (SSSR count). The highest BCUT2D eigenvalue weighted by Crippen LogP contribution is 2.38. The van der Waals surface area contributed by atoms with Gasteiger partial charge in [-0.2, -0.15) is 0 Å². The molecule has 2 aromatic carbocycles. The second kappa shape index (κ2) is 7.63. The number of aryl methyl sites for hydroxylation is 1. The number of nitrogens with one attached hydrogen (secondary N) is 1. The molecule has 6 nitrogen and oxygen atoms in total. The lowest BCUT2D eigenvalue weighted by molar-refractivity contribution is 0.356. The first kappa shape index (κ1) is 18.9. The summed E-state index contributed by atoms with van der Waals surface area (Å²) in [6.45, 7) is 1.78. The van der Waals surface area contributed by atoms with Gasteiger partial charge in [-0.3, -0.25) is 0 Å². The fourth-order valence-electron chi connectivity index (χ4n) is 2.37. The molecule has 0 radical (unpaired) electrons. The molecule has 0 bridgehead atoms. The summed E-state index contributed by atoms with van der Waals surface area (Å²) >= 11 is 6.21. The summed E-state index contributed by atoms with van der Waals surface area (Å²) in [7, 11) is 3.13. The maximum absolute atomic E-state index is 9.99. The lowest BCUT2D eigenvalue weighted by Gasteiger charge is -2.13. The number of methoxy groups -OCH3 is 2. The smallest absolute Gasteiger partial charge is 0.162 e. The number of ether oxygens (including phenoxy) is 2. The van der Waals surface area contributed by atoms with Crippen molar-refractivity contribution in [3.8, 4) is 17.2 Å². The van der Waals surface area contributed by atoms with Crippen LogP contribution in [0, 0.1) is 6.92 Å². The van der Waals surface area contributed by atoms with Crippen molar-refractivity contribution in [3.63, 3.8) is 0 Å². The Morgan fingerprint density at radius 1 is 1.08 bits per heavy atom. The number of phenols is 1. The van der Waals surface area contributed by atoms with E-state index < -0.39 is 0 Å². The molecule has 0 aliphatic carbocycles. The van der Waals surface area contributed by atoms with Crippen molar-refractivity contribution >= 4 is 46.4 Å². The first-order valence-electron chi connectivity index (χ1n) is 7.17. The summed E-state index contributed by atoms with van der Waals surface area (Å²) in [5.74, 6) is 1.74. The second-order valence-electron chi connectivity index (χ2n) is 5.16. The van der Waals surface area contributed by atoms with Crippen molar-refractivity contribution in [2.75, 3.05) is 19.5 Å². The SMILES string of the molecule is COc1cc2ncnc(Nc3ccc(C)c(O)c3Cl)c2cc1OC.Cl.